The molecule has 1 aliphatic carbocycles. The van der Waals surface area contributed by atoms with Gasteiger partial charge in [-0.1, -0.05) is 11.2 Å². The van der Waals surface area contributed by atoms with E-state index < -0.39 is 11.7 Å². The number of rotatable bonds is 7. The van der Waals surface area contributed by atoms with E-state index in [-0.39, 0.29) is 22.4 Å². The second-order valence-corrected chi connectivity index (χ2v) is 8.94. The molecule has 2 N–H and O–H groups in total. The van der Waals surface area contributed by atoms with Crippen LogP contribution >= 0.6 is 11.3 Å². The summed E-state index contributed by atoms with van der Waals surface area (Å²) in [6.07, 6.45) is 4.58. The predicted octanol–water partition coefficient (Wildman–Crippen LogP) is 4.24. The largest absolute Gasteiger partial charge is 0.496 e. The topological polar surface area (TPSA) is 106 Å². The van der Waals surface area contributed by atoms with Gasteiger partial charge in [-0.2, -0.15) is 0 Å². The van der Waals surface area contributed by atoms with Crippen LogP contribution in [-0.4, -0.2) is 46.0 Å². The van der Waals surface area contributed by atoms with E-state index in [2.05, 4.69) is 20.5 Å². The molecule has 4 rings (SSSR count). The van der Waals surface area contributed by atoms with Crippen LogP contribution in [0.1, 0.15) is 41.7 Å². The molecule has 0 bridgehead atoms. The van der Waals surface area contributed by atoms with E-state index in [1.807, 2.05) is 0 Å². The Bertz CT molecular complexity index is 1130. The Kier molecular flexibility index (Phi) is 7.14. The summed E-state index contributed by atoms with van der Waals surface area (Å²) in [5, 5.41) is 20.9. The molecule has 2 heterocycles. The van der Waals surface area contributed by atoms with Crippen LogP contribution in [0.2, 0.25) is 0 Å². The van der Waals surface area contributed by atoms with Crippen molar-refractivity contribution < 1.29 is 23.8 Å². The fraction of sp³-hybridized carbons (Fsp3) is 0.391. The van der Waals surface area contributed by atoms with Gasteiger partial charge < -0.3 is 14.6 Å². The number of carbonyl (C=O) groups excluding carboxylic acids is 1. The van der Waals surface area contributed by atoms with Crippen molar-refractivity contribution >= 4 is 22.4 Å². The monoisotopic (exact) mass is 472 g/mol. The number of benzene rings is 1. The highest BCUT2D eigenvalue weighted by Gasteiger charge is 2.22. The number of hydrogen-bond acceptors (Lipinski definition) is 8. The summed E-state index contributed by atoms with van der Waals surface area (Å²) in [6.45, 7) is 2.26. The molecule has 0 unspecified atom stereocenters. The summed E-state index contributed by atoms with van der Waals surface area (Å²) in [7, 11) is 1.45. The van der Waals surface area contributed by atoms with Crippen molar-refractivity contribution in [2.24, 2.45) is 5.92 Å². The molecule has 33 heavy (non-hydrogen) atoms. The highest BCUT2D eigenvalue weighted by Crippen LogP contribution is 2.35. The number of aromatic nitrogens is 3. The van der Waals surface area contributed by atoms with Crippen molar-refractivity contribution in [1.82, 2.24) is 15.2 Å². The van der Waals surface area contributed by atoms with Crippen molar-refractivity contribution in [2.45, 2.75) is 38.7 Å². The van der Waals surface area contributed by atoms with E-state index in [9.17, 15) is 14.3 Å². The van der Waals surface area contributed by atoms with Crippen molar-refractivity contribution in [2.75, 3.05) is 19.0 Å². The predicted molar refractivity (Wildman–Crippen MR) is 122 cm³/mol. The Morgan fingerprint density at radius 2 is 2.06 bits per heavy atom. The Morgan fingerprint density at radius 3 is 2.82 bits per heavy atom. The number of methoxy groups -OCH3 is 1. The van der Waals surface area contributed by atoms with Crippen LogP contribution < -0.4 is 14.8 Å². The number of nitrogens with one attached hydrogen (secondary N) is 1. The molecular formula is C23H25FN4O4S. The number of pyridine rings is 1. The number of nitrogens with zero attached hydrogens (tertiary/aromatic N) is 3. The highest BCUT2D eigenvalue weighted by molar-refractivity contribution is 7.17. The smallest absolute Gasteiger partial charge is 0.295 e. The standard InChI is InChI=1S/C23H25FN4O4S/c1-13-10-16(20-18(24)4-3-5-19(20)31-2)17(11-25-13)21(30)26-22-27-28-23(33-22)32-12-14-6-8-15(29)9-7-14/h3-5,10-11,14-15,29H,6-9,12H2,1-2H3,(H,26,27,30). The van der Waals surface area contributed by atoms with E-state index >= 15 is 0 Å². The van der Waals surface area contributed by atoms with Gasteiger partial charge in [0.05, 0.1) is 30.9 Å². The second kappa shape index (κ2) is 10.2. The van der Waals surface area contributed by atoms with Crippen molar-refractivity contribution in [1.29, 1.82) is 0 Å². The minimum atomic E-state index is -0.504. The van der Waals surface area contributed by atoms with E-state index in [0.717, 1.165) is 37.0 Å². The normalized spacial score (nSPS) is 18.1. The summed E-state index contributed by atoms with van der Waals surface area (Å²) >= 11 is 1.12. The van der Waals surface area contributed by atoms with Crippen LogP contribution in [0.15, 0.2) is 30.5 Å². The van der Waals surface area contributed by atoms with Crippen LogP contribution in [0.4, 0.5) is 9.52 Å². The number of ether oxygens (including phenoxy) is 2. The number of halogens is 1. The molecule has 0 saturated heterocycles. The van der Waals surface area contributed by atoms with Gasteiger partial charge in [0.25, 0.3) is 11.1 Å². The first-order valence-corrected chi connectivity index (χ1v) is 11.5. The first-order chi connectivity index (χ1) is 15.9. The number of aryl methyl sites for hydroxylation is 1. The van der Waals surface area contributed by atoms with Gasteiger partial charge in [-0.05, 0) is 68.1 Å². The highest BCUT2D eigenvalue weighted by atomic mass is 32.1. The molecule has 1 amide bonds. The minimum Gasteiger partial charge on any atom is -0.496 e. The number of carbonyl (C=O) groups is 1. The lowest BCUT2D eigenvalue weighted by atomic mass is 9.88. The molecule has 1 saturated carbocycles. The summed E-state index contributed by atoms with van der Waals surface area (Å²) in [5.74, 6) is -0.314. The zero-order chi connectivity index (χ0) is 23.4. The lowest BCUT2D eigenvalue weighted by Crippen LogP contribution is -2.22. The molecule has 2 aromatic heterocycles. The third kappa shape index (κ3) is 5.45. The molecule has 0 spiro atoms. The Hall–Kier alpha value is -3.11. The second-order valence-electron chi connectivity index (χ2n) is 8.00. The first-order valence-electron chi connectivity index (χ1n) is 10.7. The summed E-state index contributed by atoms with van der Waals surface area (Å²) < 4.78 is 25.8. The van der Waals surface area contributed by atoms with Crippen LogP contribution in [0.5, 0.6) is 10.9 Å². The van der Waals surface area contributed by atoms with Crippen molar-refractivity contribution in [3.05, 3.63) is 47.5 Å². The maximum Gasteiger partial charge on any atom is 0.295 e. The van der Waals surface area contributed by atoms with E-state index in [4.69, 9.17) is 9.47 Å². The fourth-order valence-corrected chi connectivity index (χ4v) is 4.47. The number of aliphatic hydroxyl groups is 1. The van der Waals surface area contributed by atoms with Gasteiger partial charge in [0.2, 0.25) is 5.13 Å². The van der Waals surface area contributed by atoms with Crippen LogP contribution in [0.25, 0.3) is 11.1 Å². The number of hydrogen-bond donors (Lipinski definition) is 2. The molecule has 0 radical (unpaired) electrons. The Labute approximate surface area is 194 Å². The van der Waals surface area contributed by atoms with E-state index in [1.54, 1.807) is 25.1 Å². The minimum absolute atomic E-state index is 0.183. The molecule has 0 aliphatic heterocycles. The average molecular weight is 473 g/mol. The van der Waals surface area contributed by atoms with E-state index in [0.29, 0.717) is 34.7 Å². The van der Waals surface area contributed by atoms with Crippen LogP contribution in [0, 0.1) is 18.7 Å². The van der Waals surface area contributed by atoms with Crippen molar-refractivity contribution in [3.8, 4) is 22.1 Å². The zero-order valence-corrected chi connectivity index (χ0v) is 19.2. The van der Waals surface area contributed by atoms with Gasteiger partial charge in [0.15, 0.2) is 0 Å². The lowest BCUT2D eigenvalue weighted by Gasteiger charge is -2.24. The summed E-state index contributed by atoms with van der Waals surface area (Å²) in [6, 6.07) is 6.14. The van der Waals surface area contributed by atoms with Gasteiger partial charge >= 0.3 is 0 Å². The van der Waals surface area contributed by atoms with Gasteiger partial charge in [-0.15, -0.1) is 5.10 Å². The Morgan fingerprint density at radius 1 is 1.27 bits per heavy atom. The third-order valence-electron chi connectivity index (χ3n) is 5.64. The molecule has 10 heteroatoms. The zero-order valence-electron chi connectivity index (χ0n) is 18.4. The molecule has 1 fully saturated rings. The number of amides is 1. The van der Waals surface area contributed by atoms with Gasteiger partial charge in [0.1, 0.15) is 11.6 Å². The van der Waals surface area contributed by atoms with Gasteiger partial charge in [-0.25, -0.2) is 4.39 Å². The molecule has 1 aromatic carbocycles. The lowest BCUT2D eigenvalue weighted by molar-refractivity contribution is 0.0915. The molecule has 3 aromatic rings. The van der Waals surface area contributed by atoms with Gasteiger partial charge in [0, 0.05) is 17.5 Å². The fourth-order valence-electron chi connectivity index (χ4n) is 3.87. The molecule has 0 atom stereocenters. The number of aliphatic hydroxyl groups excluding tert-OH is 1. The van der Waals surface area contributed by atoms with Crippen LogP contribution in [0.3, 0.4) is 0 Å². The maximum absolute atomic E-state index is 14.7. The SMILES string of the molecule is COc1cccc(F)c1-c1cc(C)ncc1C(=O)Nc1nnc(OCC2CCC(O)CC2)s1. The maximum atomic E-state index is 14.7. The molecule has 174 valence electrons. The van der Waals surface area contributed by atoms with Crippen molar-refractivity contribution in [3.63, 3.8) is 0 Å². The van der Waals surface area contributed by atoms with Gasteiger partial charge in [-0.3, -0.25) is 15.1 Å². The molecule has 1 aliphatic rings. The third-order valence-corrected chi connectivity index (χ3v) is 6.39. The van der Waals surface area contributed by atoms with E-state index in [1.165, 1.54) is 19.4 Å². The quantitative estimate of drug-likeness (QED) is 0.530. The summed E-state index contributed by atoms with van der Waals surface area (Å²) in [4.78, 5) is 17.2. The first kappa shape index (κ1) is 23.1. The average Bonchev–Trinajstić information content (AvgIpc) is 3.25. The number of anilines is 1. The molecule has 8 nitrogen and oxygen atoms in total. The molecular weight excluding hydrogens is 447 g/mol. The summed E-state index contributed by atoms with van der Waals surface area (Å²) in [5.41, 5.74) is 1.38. The Balaban J connectivity index is 1.49. The van der Waals surface area contributed by atoms with Crippen LogP contribution in [-0.2, 0) is 0 Å².